The molecule has 4 nitrogen and oxygen atoms in total. The van der Waals surface area contributed by atoms with Crippen LogP contribution in [-0.4, -0.2) is 37.6 Å². The first-order valence-electron chi connectivity index (χ1n) is 8.44. The number of thiophene rings is 1. The van der Waals surface area contributed by atoms with Gasteiger partial charge in [-0.25, -0.2) is 0 Å². The Morgan fingerprint density at radius 3 is 2.75 bits per heavy atom. The van der Waals surface area contributed by atoms with Gasteiger partial charge in [-0.1, -0.05) is 24.3 Å². The monoisotopic (exact) mass is 344 g/mol. The van der Waals surface area contributed by atoms with E-state index < -0.39 is 0 Å². The van der Waals surface area contributed by atoms with Crippen LogP contribution in [-0.2, 0) is 11.2 Å². The average molecular weight is 344 g/mol. The van der Waals surface area contributed by atoms with Crippen molar-refractivity contribution in [1.29, 1.82) is 0 Å². The quantitative estimate of drug-likeness (QED) is 0.838. The molecule has 1 unspecified atom stereocenters. The van der Waals surface area contributed by atoms with Gasteiger partial charge in [0.25, 0.3) is 0 Å². The predicted octanol–water partition coefficient (Wildman–Crippen LogP) is 3.25. The summed E-state index contributed by atoms with van der Waals surface area (Å²) in [4.78, 5) is 16.2. The van der Waals surface area contributed by atoms with E-state index in [4.69, 9.17) is 4.74 Å². The van der Waals surface area contributed by atoms with Crippen molar-refractivity contribution in [2.75, 3.05) is 26.7 Å². The molecule has 1 aliphatic rings. The highest BCUT2D eigenvalue weighted by Crippen LogP contribution is 2.28. The minimum Gasteiger partial charge on any atom is -0.496 e. The average Bonchev–Trinajstić information content (AvgIpc) is 3.30. The summed E-state index contributed by atoms with van der Waals surface area (Å²) in [5.41, 5.74) is 0.923. The molecule has 5 heteroatoms. The number of rotatable bonds is 7. The zero-order valence-corrected chi connectivity index (χ0v) is 14.8. The second-order valence-corrected chi connectivity index (χ2v) is 7.05. The lowest BCUT2D eigenvalue weighted by molar-refractivity contribution is -0.120. The minimum atomic E-state index is 0.0419. The van der Waals surface area contributed by atoms with Crippen molar-refractivity contribution < 1.29 is 9.53 Å². The molecule has 1 saturated heterocycles. The second-order valence-electron chi connectivity index (χ2n) is 6.07. The molecule has 1 aromatic carbocycles. The summed E-state index contributed by atoms with van der Waals surface area (Å²) in [6.45, 7) is 2.89. The molecule has 0 bridgehead atoms. The Labute approximate surface area is 147 Å². The largest absolute Gasteiger partial charge is 0.496 e. The number of ether oxygens (including phenoxy) is 1. The first-order chi connectivity index (χ1) is 11.8. The molecule has 1 fully saturated rings. The molecule has 0 aliphatic carbocycles. The fraction of sp³-hybridized carbons (Fsp3) is 0.421. The minimum absolute atomic E-state index is 0.0419. The van der Waals surface area contributed by atoms with Gasteiger partial charge in [0.2, 0.25) is 5.91 Å². The number of carbonyl (C=O) groups excluding carboxylic acids is 1. The zero-order chi connectivity index (χ0) is 16.8. The summed E-state index contributed by atoms with van der Waals surface area (Å²) >= 11 is 1.77. The van der Waals surface area contributed by atoms with E-state index in [1.165, 1.54) is 17.7 Å². The standard InChI is InChI=1S/C19H24N2O2S/c1-23-17-8-3-2-7-15(17)13-19(22)20-14-16(18-9-6-12-24-18)21-10-4-5-11-21/h2-3,6-9,12,16H,4-5,10-11,13-14H2,1H3,(H,20,22). The van der Waals surface area contributed by atoms with Crippen molar-refractivity contribution in [3.05, 3.63) is 52.2 Å². The van der Waals surface area contributed by atoms with Crippen LogP contribution in [0.25, 0.3) is 0 Å². The van der Waals surface area contributed by atoms with Gasteiger partial charge in [0.15, 0.2) is 0 Å². The van der Waals surface area contributed by atoms with Crippen LogP contribution < -0.4 is 10.1 Å². The lowest BCUT2D eigenvalue weighted by Gasteiger charge is -2.27. The Morgan fingerprint density at radius 1 is 1.25 bits per heavy atom. The number of benzene rings is 1. The van der Waals surface area contributed by atoms with Crippen molar-refractivity contribution in [3.63, 3.8) is 0 Å². The molecular weight excluding hydrogens is 320 g/mol. The summed E-state index contributed by atoms with van der Waals surface area (Å²) in [6.07, 6.45) is 2.84. The molecule has 1 aromatic heterocycles. The summed E-state index contributed by atoms with van der Waals surface area (Å²) in [7, 11) is 1.64. The first-order valence-corrected chi connectivity index (χ1v) is 9.32. The van der Waals surface area contributed by atoms with Crippen LogP contribution in [0.3, 0.4) is 0 Å². The molecule has 1 aliphatic heterocycles. The maximum absolute atomic E-state index is 12.4. The second kappa shape index (κ2) is 8.31. The molecule has 1 atom stereocenters. The van der Waals surface area contributed by atoms with Crippen LogP contribution in [0.2, 0.25) is 0 Å². The highest BCUT2D eigenvalue weighted by Gasteiger charge is 2.24. The fourth-order valence-corrected chi connectivity index (χ4v) is 4.10. The van der Waals surface area contributed by atoms with Crippen LogP contribution in [0.15, 0.2) is 41.8 Å². The topological polar surface area (TPSA) is 41.6 Å². The molecule has 24 heavy (non-hydrogen) atoms. The van der Waals surface area contributed by atoms with Crippen molar-refractivity contribution in [1.82, 2.24) is 10.2 Å². The maximum atomic E-state index is 12.4. The van der Waals surface area contributed by atoms with E-state index in [0.717, 1.165) is 24.4 Å². The van der Waals surface area contributed by atoms with Crippen LogP contribution >= 0.6 is 11.3 Å². The first kappa shape index (κ1) is 17.0. The van der Waals surface area contributed by atoms with E-state index in [2.05, 4.69) is 27.7 Å². The summed E-state index contributed by atoms with van der Waals surface area (Å²) < 4.78 is 5.33. The van der Waals surface area contributed by atoms with Gasteiger partial charge >= 0.3 is 0 Å². The summed E-state index contributed by atoms with van der Waals surface area (Å²) in [5, 5.41) is 5.22. The van der Waals surface area contributed by atoms with Gasteiger partial charge in [0.05, 0.1) is 19.6 Å². The molecule has 0 spiro atoms. The van der Waals surface area contributed by atoms with Crippen LogP contribution in [0, 0.1) is 0 Å². The van der Waals surface area contributed by atoms with Crippen LogP contribution in [0.5, 0.6) is 5.75 Å². The number of methoxy groups -OCH3 is 1. The van der Waals surface area contributed by atoms with Crippen LogP contribution in [0.1, 0.15) is 29.3 Å². The lowest BCUT2D eigenvalue weighted by atomic mass is 10.1. The number of nitrogens with zero attached hydrogens (tertiary/aromatic N) is 1. The SMILES string of the molecule is COc1ccccc1CC(=O)NCC(c1cccs1)N1CCCC1. The van der Waals surface area contributed by atoms with Gasteiger partial charge in [0.1, 0.15) is 5.75 Å². The Balaban J connectivity index is 1.61. The smallest absolute Gasteiger partial charge is 0.224 e. The Hall–Kier alpha value is -1.85. The highest BCUT2D eigenvalue weighted by atomic mass is 32.1. The molecule has 0 saturated carbocycles. The van der Waals surface area contributed by atoms with Gasteiger partial charge in [0, 0.05) is 17.0 Å². The van der Waals surface area contributed by atoms with E-state index >= 15 is 0 Å². The molecule has 2 aromatic rings. The molecular formula is C19H24N2O2S. The summed E-state index contributed by atoms with van der Waals surface area (Å²) in [6, 6.07) is 12.2. The molecule has 128 valence electrons. The van der Waals surface area contributed by atoms with Crippen molar-refractivity contribution in [3.8, 4) is 5.75 Å². The third kappa shape index (κ3) is 4.16. The van der Waals surface area contributed by atoms with E-state index in [-0.39, 0.29) is 11.9 Å². The van der Waals surface area contributed by atoms with Gasteiger partial charge in [-0.05, 0) is 43.4 Å². The van der Waals surface area contributed by atoms with Gasteiger partial charge in [-0.3, -0.25) is 9.69 Å². The van der Waals surface area contributed by atoms with Crippen molar-refractivity contribution >= 4 is 17.2 Å². The number of hydrogen-bond donors (Lipinski definition) is 1. The third-order valence-corrected chi connectivity index (χ3v) is 5.46. The van der Waals surface area contributed by atoms with Gasteiger partial charge in [-0.15, -0.1) is 11.3 Å². The van der Waals surface area contributed by atoms with Crippen molar-refractivity contribution in [2.45, 2.75) is 25.3 Å². The molecule has 3 rings (SSSR count). The number of amides is 1. The predicted molar refractivity (Wildman–Crippen MR) is 97.6 cm³/mol. The summed E-state index contributed by atoms with van der Waals surface area (Å²) in [5.74, 6) is 0.808. The highest BCUT2D eigenvalue weighted by molar-refractivity contribution is 7.10. The maximum Gasteiger partial charge on any atom is 0.224 e. The number of carbonyl (C=O) groups is 1. The van der Waals surface area contributed by atoms with Gasteiger partial charge in [-0.2, -0.15) is 0 Å². The molecule has 0 radical (unpaired) electrons. The number of para-hydroxylation sites is 1. The number of likely N-dealkylation sites (tertiary alicyclic amines) is 1. The lowest BCUT2D eigenvalue weighted by Crippen LogP contribution is -2.37. The fourth-order valence-electron chi connectivity index (χ4n) is 3.24. The van der Waals surface area contributed by atoms with Crippen molar-refractivity contribution in [2.24, 2.45) is 0 Å². The van der Waals surface area contributed by atoms with Gasteiger partial charge < -0.3 is 10.1 Å². The van der Waals surface area contributed by atoms with E-state index in [1.807, 2.05) is 24.3 Å². The Morgan fingerprint density at radius 2 is 2.04 bits per heavy atom. The van der Waals surface area contributed by atoms with E-state index in [1.54, 1.807) is 18.4 Å². The number of hydrogen-bond acceptors (Lipinski definition) is 4. The third-order valence-electron chi connectivity index (χ3n) is 4.49. The van der Waals surface area contributed by atoms with Crippen LogP contribution in [0.4, 0.5) is 0 Å². The molecule has 1 amide bonds. The van der Waals surface area contributed by atoms with E-state index in [9.17, 15) is 4.79 Å². The van der Waals surface area contributed by atoms with E-state index in [0.29, 0.717) is 13.0 Å². The number of nitrogens with one attached hydrogen (secondary N) is 1. The normalized spacial score (nSPS) is 16.0. The Bertz CT molecular complexity index is 651. The molecule has 1 N–H and O–H groups in total. The zero-order valence-electron chi connectivity index (χ0n) is 14.0. The Kier molecular flexibility index (Phi) is 5.88. The molecule has 2 heterocycles.